The molecule has 0 N–H and O–H groups in total. The second-order valence-corrected chi connectivity index (χ2v) is 8.47. The zero-order chi connectivity index (χ0) is 22.0. The van der Waals surface area contributed by atoms with Gasteiger partial charge in [-0.3, -0.25) is 9.59 Å². The predicted molar refractivity (Wildman–Crippen MR) is 119 cm³/mol. The van der Waals surface area contributed by atoms with E-state index in [0.717, 1.165) is 43.7 Å². The number of likely N-dealkylation sites (tertiary alicyclic amines) is 1. The molecule has 2 aliphatic heterocycles. The summed E-state index contributed by atoms with van der Waals surface area (Å²) in [5, 5.41) is 0. The Kier molecular flexibility index (Phi) is 6.20. The molecule has 1 fully saturated rings. The van der Waals surface area contributed by atoms with Gasteiger partial charge in [-0.1, -0.05) is 20.8 Å². The van der Waals surface area contributed by atoms with Crippen molar-refractivity contribution in [2.24, 2.45) is 5.92 Å². The molecule has 7 heteroatoms. The van der Waals surface area contributed by atoms with Gasteiger partial charge in [-0.15, -0.1) is 0 Å². The van der Waals surface area contributed by atoms with Crippen LogP contribution in [0, 0.1) is 5.92 Å². The lowest BCUT2D eigenvalue weighted by molar-refractivity contribution is 0.0723. The molecule has 0 saturated carbocycles. The van der Waals surface area contributed by atoms with Crippen molar-refractivity contribution in [3.63, 3.8) is 0 Å². The Morgan fingerprint density at radius 1 is 1.06 bits per heavy atom. The fourth-order valence-electron chi connectivity index (χ4n) is 4.18. The number of rotatable bonds is 5. The van der Waals surface area contributed by atoms with E-state index in [1.165, 1.54) is 6.42 Å². The van der Waals surface area contributed by atoms with Gasteiger partial charge in [0.15, 0.2) is 17.4 Å². The van der Waals surface area contributed by atoms with Gasteiger partial charge in [-0.25, -0.2) is 9.97 Å². The van der Waals surface area contributed by atoms with Gasteiger partial charge < -0.3 is 14.5 Å². The molecular formula is C24H30N4O3. The number of Topliss-reactive ketones (excluding diaryl/α,β-unsaturated/α-hetero) is 1. The molecule has 0 atom stereocenters. The number of piperidine rings is 1. The normalized spacial score (nSPS) is 16.1. The van der Waals surface area contributed by atoms with Gasteiger partial charge in [0.25, 0.3) is 5.91 Å². The molecule has 0 aromatic carbocycles. The summed E-state index contributed by atoms with van der Waals surface area (Å²) in [5.41, 5.74) is 2.22. The average Bonchev–Trinajstić information content (AvgIpc) is 2.82. The van der Waals surface area contributed by atoms with Crippen LogP contribution >= 0.6 is 0 Å². The number of amides is 1. The highest BCUT2D eigenvalue weighted by molar-refractivity contribution is 5.99. The highest BCUT2D eigenvalue weighted by Crippen LogP contribution is 2.35. The topological polar surface area (TPSA) is 75.6 Å². The Morgan fingerprint density at radius 3 is 2.55 bits per heavy atom. The third-order valence-corrected chi connectivity index (χ3v) is 5.97. The Morgan fingerprint density at radius 2 is 1.84 bits per heavy atom. The lowest BCUT2D eigenvalue weighted by Gasteiger charge is -2.31. The number of anilines is 2. The maximum absolute atomic E-state index is 12.8. The third kappa shape index (κ3) is 4.27. The van der Waals surface area contributed by atoms with E-state index in [0.29, 0.717) is 35.8 Å². The number of pyridine rings is 2. The maximum atomic E-state index is 12.8. The van der Waals surface area contributed by atoms with E-state index in [9.17, 15) is 9.59 Å². The molecule has 0 unspecified atom stereocenters. The van der Waals surface area contributed by atoms with Gasteiger partial charge in [0, 0.05) is 37.0 Å². The van der Waals surface area contributed by atoms with Gasteiger partial charge in [-0.2, -0.15) is 0 Å². The molecule has 2 aliphatic rings. The molecular weight excluding hydrogens is 392 g/mol. The number of nitrogens with zero attached hydrogens (tertiary/aromatic N) is 4. The van der Waals surface area contributed by atoms with Crippen LogP contribution in [-0.4, -0.2) is 52.8 Å². The van der Waals surface area contributed by atoms with Crippen molar-refractivity contribution in [3.05, 3.63) is 41.2 Å². The van der Waals surface area contributed by atoms with Crippen molar-refractivity contribution < 1.29 is 14.3 Å². The summed E-state index contributed by atoms with van der Waals surface area (Å²) in [6.45, 7) is 8.53. The first-order valence-corrected chi connectivity index (χ1v) is 11.2. The average molecular weight is 423 g/mol. The van der Waals surface area contributed by atoms with Crippen molar-refractivity contribution in [3.8, 4) is 5.75 Å². The molecule has 0 radical (unpaired) electrons. The molecule has 1 amide bonds. The van der Waals surface area contributed by atoms with E-state index in [4.69, 9.17) is 4.74 Å². The molecule has 31 heavy (non-hydrogen) atoms. The Labute approximate surface area is 183 Å². The molecule has 2 aromatic heterocycles. The summed E-state index contributed by atoms with van der Waals surface area (Å²) in [6, 6.07) is 3.77. The van der Waals surface area contributed by atoms with Crippen molar-refractivity contribution in [2.45, 2.75) is 46.5 Å². The van der Waals surface area contributed by atoms with E-state index in [2.05, 4.69) is 9.97 Å². The Hall–Kier alpha value is -2.96. The van der Waals surface area contributed by atoms with Crippen molar-refractivity contribution in [1.29, 1.82) is 0 Å². The van der Waals surface area contributed by atoms with Crippen LogP contribution < -0.4 is 9.64 Å². The molecule has 4 rings (SSSR count). The number of ether oxygens (including phenoxy) is 1. The number of aromatic nitrogens is 2. The van der Waals surface area contributed by atoms with Crippen LogP contribution in [0.5, 0.6) is 5.75 Å². The molecule has 0 bridgehead atoms. The molecule has 0 spiro atoms. The highest BCUT2D eigenvalue weighted by atomic mass is 16.5. The second-order valence-electron chi connectivity index (χ2n) is 8.47. The lowest BCUT2D eigenvalue weighted by atomic mass is 9.97. The monoisotopic (exact) mass is 422 g/mol. The van der Waals surface area contributed by atoms with Crippen molar-refractivity contribution in [2.75, 3.05) is 31.1 Å². The van der Waals surface area contributed by atoms with Gasteiger partial charge in [0.2, 0.25) is 0 Å². The van der Waals surface area contributed by atoms with Crippen LogP contribution in [0.1, 0.15) is 66.3 Å². The number of ketones is 1. The maximum Gasteiger partial charge on any atom is 0.255 e. The second kappa shape index (κ2) is 9.04. The van der Waals surface area contributed by atoms with Gasteiger partial charge in [-0.05, 0) is 43.4 Å². The largest absolute Gasteiger partial charge is 0.488 e. The van der Waals surface area contributed by atoms with Crippen LogP contribution in [0.15, 0.2) is 24.5 Å². The number of aryl methyl sites for hydroxylation is 1. The number of carbonyl (C=O) groups excluding carboxylic acids is 2. The fourth-order valence-corrected chi connectivity index (χ4v) is 4.18. The number of fused-ring (bicyclic) bond motifs is 1. The highest BCUT2D eigenvalue weighted by Gasteiger charge is 2.26. The van der Waals surface area contributed by atoms with Crippen LogP contribution in [0.3, 0.4) is 0 Å². The molecule has 2 aromatic rings. The summed E-state index contributed by atoms with van der Waals surface area (Å²) in [5.74, 6) is 2.04. The quantitative estimate of drug-likeness (QED) is 0.677. The molecule has 7 nitrogen and oxygen atoms in total. The van der Waals surface area contributed by atoms with E-state index in [-0.39, 0.29) is 17.6 Å². The molecule has 0 aliphatic carbocycles. The molecule has 4 heterocycles. The molecule has 1 saturated heterocycles. The Balaban J connectivity index is 1.62. The minimum atomic E-state index is -0.0698. The zero-order valence-electron chi connectivity index (χ0n) is 18.6. The fraction of sp³-hybridized carbons (Fsp3) is 0.500. The summed E-state index contributed by atoms with van der Waals surface area (Å²) < 4.78 is 5.85. The smallest absolute Gasteiger partial charge is 0.255 e. The third-order valence-electron chi connectivity index (χ3n) is 5.97. The van der Waals surface area contributed by atoms with E-state index in [1.807, 2.05) is 36.6 Å². The standard InChI is InChI=1S/C24H30N4O3/c1-4-17-13-21(25-15-19(17)22(29)16(2)3)28-10-11-31-20-12-18(14-26-23(20)28)24(30)27-8-6-5-7-9-27/h12-16H,4-11H2,1-3H3. The lowest BCUT2D eigenvalue weighted by Crippen LogP contribution is -2.36. The number of carbonyl (C=O) groups is 2. The van der Waals surface area contributed by atoms with Crippen LogP contribution in [-0.2, 0) is 6.42 Å². The Bertz CT molecular complexity index is 983. The van der Waals surface area contributed by atoms with E-state index < -0.39 is 0 Å². The van der Waals surface area contributed by atoms with E-state index in [1.54, 1.807) is 18.5 Å². The van der Waals surface area contributed by atoms with Crippen molar-refractivity contribution >= 4 is 23.3 Å². The zero-order valence-corrected chi connectivity index (χ0v) is 18.6. The van der Waals surface area contributed by atoms with Crippen LogP contribution in [0.4, 0.5) is 11.6 Å². The number of hydrogen-bond acceptors (Lipinski definition) is 6. The summed E-state index contributed by atoms with van der Waals surface area (Å²) in [4.78, 5) is 38.4. The summed E-state index contributed by atoms with van der Waals surface area (Å²) >= 11 is 0. The first-order valence-electron chi connectivity index (χ1n) is 11.2. The minimum Gasteiger partial charge on any atom is -0.488 e. The van der Waals surface area contributed by atoms with Gasteiger partial charge >= 0.3 is 0 Å². The molecule has 164 valence electrons. The first kappa shape index (κ1) is 21.3. The first-order chi connectivity index (χ1) is 15.0. The SMILES string of the molecule is CCc1cc(N2CCOc3cc(C(=O)N4CCCCC4)cnc32)ncc1C(=O)C(C)C. The summed E-state index contributed by atoms with van der Waals surface area (Å²) in [6.07, 6.45) is 7.34. The minimum absolute atomic E-state index is 0.0127. The van der Waals surface area contributed by atoms with Crippen LogP contribution in [0.25, 0.3) is 0 Å². The van der Waals surface area contributed by atoms with Gasteiger partial charge in [0.1, 0.15) is 12.4 Å². The number of hydrogen-bond donors (Lipinski definition) is 0. The van der Waals surface area contributed by atoms with Crippen molar-refractivity contribution in [1.82, 2.24) is 14.9 Å². The van der Waals surface area contributed by atoms with Crippen LogP contribution in [0.2, 0.25) is 0 Å². The summed E-state index contributed by atoms with van der Waals surface area (Å²) in [7, 11) is 0. The van der Waals surface area contributed by atoms with E-state index >= 15 is 0 Å². The van der Waals surface area contributed by atoms with Gasteiger partial charge in [0.05, 0.1) is 12.1 Å². The predicted octanol–water partition coefficient (Wildman–Crippen LogP) is 4.03.